The van der Waals surface area contributed by atoms with Crippen molar-refractivity contribution in [1.29, 1.82) is 0 Å². The number of hydrogen-bond acceptors (Lipinski definition) is 7. The molecule has 0 atom stereocenters. The van der Waals surface area contributed by atoms with Gasteiger partial charge >= 0.3 is 0 Å². The Hall–Kier alpha value is -2.64. The average Bonchev–Trinajstić information content (AvgIpc) is 3.44. The number of amides is 1. The van der Waals surface area contributed by atoms with Crippen LogP contribution < -0.4 is 19.5 Å². The summed E-state index contributed by atoms with van der Waals surface area (Å²) in [6, 6.07) is 4.17. The average molecular weight is 394 g/mol. The van der Waals surface area contributed by atoms with Crippen LogP contribution >= 0.6 is 0 Å². The van der Waals surface area contributed by atoms with Gasteiger partial charge in [-0.25, -0.2) is 13.1 Å². The van der Waals surface area contributed by atoms with E-state index < -0.39 is 21.6 Å². The summed E-state index contributed by atoms with van der Waals surface area (Å²) in [5.41, 5.74) is -0.487. The van der Waals surface area contributed by atoms with Gasteiger partial charge in [-0.15, -0.1) is 12.3 Å². The third-order valence-electron chi connectivity index (χ3n) is 3.99. The van der Waals surface area contributed by atoms with Gasteiger partial charge in [0.2, 0.25) is 15.9 Å². The van der Waals surface area contributed by atoms with E-state index in [1.165, 1.54) is 32.4 Å². The van der Waals surface area contributed by atoms with Crippen LogP contribution in [0.5, 0.6) is 11.5 Å². The van der Waals surface area contributed by atoms with Gasteiger partial charge in [0.05, 0.1) is 25.7 Å². The van der Waals surface area contributed by atoms with Crippen molar-refractivity contribution in [2.75, 3.05) is 27.3 Å². The Morgan fingerprint density at radius 1 is 1.22 bits per heavy atom. The molecule has 1 aliphatic heterocycles. The van der Waals surface area contributed by atoms with Gasteiger partial charge in [0.1, 0.15) is 0 Å². The molecule has 0 spiro atoms. The van der Waals surface area contributed by atoms with E-state index in [2.05, 4.69) is 26.2 Å². The first-order valence-corrected chi connectivity index (χ1v) is 9.70. The molecule has 1 amide bonds. The molecule has 0 bridgehead atoms. The van der Waals surface area contributed by atoms with Gasteiger partial charge in [0.15, 0.2) is 17.2 Å². The molecule has 0 saturated heterocycles. The van der Waals surface area contributed by atoms with E-state index in [-0.39, 0.29) is 17.2 Å². The number of methoxy groups -OCH3 is 2. The maximum Gasteiger partial charge on any atom is 0.241 e. The molecule has 1 aromatic carbocycles. The van der Waals surface area contributed by atoms with Crippen LogP contribution in [-0.4, -0.2) is 47.3 Å². The lowest BCUT2D eigenvalue weighted by Crippen LogP contribution is -2.38. The lowest BCUT2D eigenvalue weighted by atomic mass is 10.0. The molecule has 0 unspecified atom stereocenters. The van der Waals surface area contributed by atoms with E-state index in [9.17, 15) is 13.2 Å². The Labute approximate surface area is 158 Å². The molecule has 1 aromatic rings. The topological polar surface area (TPSA) is 118 Å². The quantitative estimate of drug-likeness (QED) is 0.544. The van der Waals surface area contributed by atoms with Gasteiger partial charge in [-0.2, -0.15) is 10.2 Å². The molecule has 1 aliphatic rings. The van der Waals surface area contributed by atoms with Gasteiger partial charge in [-0.1, -0.05) is 0 Å². The molecule has 10 heteroatoms. The SMILES string of the molecule is C#CCCC1(CCNC(=O)CNS(=O)(=O)c2ccc(OC)c(OC)c2)N=N1. The second kappa shape index (κ2) is 8.83. The minimum atomic E-state index is -3.87. The van der Waals surface area contributed by atoms with E-state index in [1.54, 1.807) is 0 Å². The summed E-state index contributed by atoms with van der Waals surface area (Å²) in [5.74, 6) is 2.76. The van der Waals surface area contributed by atoms with Crippen molar-refractivity contribution in [3.05, 3.63) is 18.2 Å². The van der Waals surface area contributed by atoms with Gasteiger partial charge in [-0.05, 0) is 12.1 Å². The summed E-state index contributed by atoms with van der Waals surface area (Å²) in [5, 5.41) is 10.6. The molecule has 1 heterocycles. The lowest BCUT2D eigenvalue weighted by Gasteiger charge is -2.12. The minimum absolute atomic E-state index is 0.0308. The van der Waals surface area contributed by atoms with Crippen molar-refractivity contribution in [3.8, 4) is 23.8 Å². The smallest absolute Gasteiger partial charge is 0.241 e. The summed E-state index contributed by atoms with van der Waals surface area (Å²) in [6.45, 7) is -0.0587. The number of ether oxygens (including phenoxy) is 2. The summed E-state index contributed by atoms with van der Waals surface area (Å²) >= 11 is 0. The van der Waals surface area contributed by atoms with Gasteiger partial charge in [0.25, 0.3) is 0 Å². The number of sulfonamides is 1. The first-order valence-electron chi connectivity index (χ1n) is 8.22. The number of benzene rings is 1. The normalized spacial score (nSPS) is 14.3. The zero-order valence-electron chi connectivity index (χ0n) is 15.2. The number of nitrogens with zero attached hydrogens (tertiary/aromatic N) is 2. The van der Waals surface area contributed by atoms with Crippen LogP contribution in [0, 0.1) is 12.3 Å². The number of carbonyl (C=O) groups is 1. The number of terminal acetylenes is 1. The first-order chi connectivity index (χ1) is 12.9. The standard InChI is InChI=1S/C17H22N4O5S/c1-4-5-8-17(20-21-17)9-10-18-16(22)12-19-27(23,24)13-6-7-14(25-2)15(11-13)26-3/h1,6-7,11,19H,5,8-10,12H2,2-3H3,(H,18,22). The third kappa shape index (κ3) is 5.67. The van der Waals surface area contributed by atoms with Crippen LogP contribution in [0.1, 0.15) is 19.3 Å². The largest absolute Gasteiger partial charge is 0.493 e. The number of rotatable bonds is 11. The van der Waals surface area contributed by atoms with Crippen molar-refractivity contribution >= 4 is 15.9 Å². The highest BCUT2D eigenvalue weighted by atomic mass is 32.2. The predicted octanol–water partition coefficient (Wildman–Crippen LogP) is 1.06. The van der Waals surface area contributed by atoms with E-state index in [1.807, 2.05) is 0 Å². The minimum Gasteiger partial charge on any atom is -0.493 e. The highest BCUT2D eigenvalue weighted by molar-refractivity contribution is 7.89. The van der Waals surface area contributed by atoms with Crippen LogP contribution in [0.2, 0.25) is 0 Å². The van der Waals surface area contributed by atoms with Crippen LogP contribution in [-0.2, 0) is 14.8 Å². The molecule has 2 N–H and O–H groups in total. The zero-order valence-corrected chi connectivity index (χ0v) is 16.0. The van der Waals surface area contributed by atoms with E-state index in [4.69, 9.17) is 15.9 Å². The predicted molar refractivity (Wildman–Crippen MR) is 98.0 cm³/mol. The van der Waals surface area contributed by atoms with Crippen LogP contribution in [0.25, 0.3) is 0 Å². The van der Waals surface area contributed by atoms with Gasteiger partial charge < -0.3 is 14.8 Å². The molecule has 146 valence electrons. The molecule has 27 heavy (non-hydrogen) atoms. The highest BCUT2D eigenvalue weighted by Gasteiger charge is 2.38. The number of nitrogens with one attached hydrogen (secondary N) is 2. The fourth-order valence-electron chi connectivity index (χ4n) is 2.36. The third-order valence-corrected chi connectivity index (χ3v) is 5.39. The fraction of sp³-hybridized carbons (Fsp3) is 0.471. The maximum absolute atomic E-state index is 12.3. The van der Waals surface area contributed by atoms with Crippen LogP contribution in [0.4, 0.5) is 0 Å². The van der Waals surface area contributed by atoms with Crippen molar-refractivity contribution in [3.63, 3.8) is 0 Å². The number of carbonyl (C=O) groups excluding carboxylic acids is 1. The molecule has 0 fully saturated rings. The van der Waals surface area contributed by atoms with E-state index >= 15 is 0 Å². The molecular weight excluding hydrogens is 372 g/mol. The van der Waals surface area contributed by atoms with Gasteiger partial charge in [0, 0.05) is 31.9 Å². The van der Waals surface area contributed by atoms with Crippen LogP contribution in [0.3, 0.4) is 0 Å². The van der Waals surface area contributed by atoms with E-state index in [0.29, 0.717) is 31.6 Å². The molecule has 2 rings (SSSR count). The zero-order chi connectivity index (χ0) is 19.9. The summed E-state index contributed by atoms with van der Waals surface area (Å²) in [4.78, 5) is 11.9. The molecule has 9 nitrogen and oxygen atoms in total. The Morgan fingerprint density at radius 2 is 1.93 bits per heavy atom. The lowest BCUT2D eigenvalue weighted by molar-refractivity contribution is -0.119. The second-order valence-electron chi connectivity index (χ2n) is 5.83. The van der Waals surface area contributed by atoms with Crippen molar-refractivity contribution < 1.29 is 22.7 Å². The van der Waals surface area contributed by atoms with Gasteiger partial charge in [-0.3, -0.25) is 4.79 Å². The summed E-state index contributed by atoms with van der Waals surface area (Å²) in [7, 11) is -1.01. The van der Waals surface area contributed by atoms with Crippen LogP contribution in [0.15, 0.2) is 33.3 Å². The fourth-order valence-corrected chi connectivity index (χ4v) is 3.36. The van der Waals surface area contributed by atoms with Crippen molar-refractivity contribution in [2.24, 2.45) is 10.2 Å². The summed E-state index contributed by atoms with van der Waals surface area (Å²) < 4.78 is 37.1. The second-order valence-corrected chi connectivity index (χ2v) is 7.59. The van der Waals surface area contributed by atoms with Crippen molar-refractivity contribution in [1.82, 2.24) is 10.0 Å². The Balaban J connectivity index is 1.82. The monoisotopic (exact) mass is 394 g/mol. The molecule has 0 aromatic heterocycles. The molecule has 0 aliphatic carbocycles. The maximum atomic E-state index is 12.3. The first kappa shape index (κ1) is 20.7. The summed E-state index contributed by atoms with van der Waals surface area (Å²) in [6.07, 6.45) is 6.96. The Morgan fingerprint density at radius 3 is 2.52 bits per heavy atom. The highest BCUT2D eigenvalue weighted by Crippen LogP contribution is 2.36. The Kier molecular flexibility index (Phi) is 6.76. The number of hydrogen-bond donors (Lipinski definition) is 2. The molecule has 0 saturated carbocycles. The molecular formula is C17H22N4O5S. The Bertz CT molecular complexity index is 855. The van der Waals surface area contributed by atoms with Crippen molar-refractivity contribution in [2.45, 2.75) is 29.8 Å². The van der Waals surface area contributed by atoms with E-state index in [0.717, 1.165) is 0 Å². The molecule has 0 radical (unpaired) electrons.